The molecule has 1 unspecified atom stereocenters. The summed E-state index contributed by atoms with van der Waals surface area (Å²) in [6.07, 6.45) is 1.39. The van der Waals surface area contributed by atoms with E-state index in [4.69, 9.17) is 0 Å². The molecule has 0 spiro atoms. The van der Waals surface area contributed by atoms with Gasteiger partial charge in [-0.1, -0.05) is 0 Å². The minimum atomic E-state index is -2.98. The van der Waals surface area contributed by atoms with Crippen LogP contribution < -0.4 is 10.6 Å². The summed E-state index contributed by atoms with van der Waals surface area (Å²) in [5.74, 6) is 0.309. The molecule has 1 saturated heterocycles. The Morgan fingerprint density at radius 1 is 1.38 bits per heavy atom. The smallest absolute Gasteiger partial charge is 0.270 e. The number of amides is 1. The molecule has 1 aromatic rings. The first kappa shape index (κ1) is 18.6. The Hall–Kier alpha value is -1.74. The van der Waals surface area contributed by atoms with Crippen molar-refractivity contribution in [3.63, 3.8) is 0 Å². The minimum absolute atomic E-state index is 0.0797. The first-order valence-electron chi connectivity index (χ1n) is 8.01. The molecule has 1 fully saturated rings. The van der Waals surface area contributed by atoms with Gasteiger partial charge >= 0.3 is 0 Å². The number of nitrogens with zero attached hydrogens (tertiary/aromatic N) is 3. The number of carbonyl (C=O) groups is 1. The lowest BCUT2D eigenvalue weighted by Crippen LogP contribution is -2.29. The molecule has 1 atom stereocenters. The minimum Gasteiger partial charge on any atom is -0.351 e. The van der Waals surface area contributed by atoms with Crippen molar-refractivity contribution >= 4 is 21.7 Å². The van der Waals surface area contributed by atoms with Gasteiger partial charge in [0, 0.05) is 18.3 Å². The first-order chi connectivity index (χ1) is 11.2. The van der Waals surface area contributed by atoms with E-state index in [0.29, 0.717) is 24.6 Å². The third-order valence-corrected chi connectivity index (χ3v) is 5.49. The van der Waals surface area contributed by atoms with Gasteiger partial charge in [0.1, 0.15) is 5.69 Å². The Balaban J connectivity index is 1.96. The molecular weight excluding hydrogens is 330 g/mol. The molecule has 134 valence electrons. The van der Waals surface area contributed by atoms with Crippen LogP contribution in [-0.2, 0) is 9.84 Å². The highest BCUT2D eigenvalue weighted by Gasteiger charge is 2.28. The first-order valence-corrected chi connectivity index (χ1v) is 9.83. The number of hydrogen-bond acceptors (Lipinski definition) is 7. The van der Waals surface area contributed by atoms with Gasteiger partial charge < -0.3 is 15.5 Å². The van der Waals surface area contributed by atoms with Crippen molar-refractivity contribution in [3.05, 3.63) is 17.5 Å². The largest absolute Gasteiger partial charge is 0.351 e. The van der Waals surface area contributed by atoms with Crippen LogP contribution in [-0.4, -0.2) is 73.9 Å². The topological polar surface area (TPSA) is 104 Å². The van der Waals surface area contributed by atoms with E-state index in [9.17, 15) is 13.2 Å². The van der Waals surface area contributed by atoms with Crippen LogP contribution in [0.25, 0.3) is 0 Å². The quantitative estimate of drug-likeness (QED) is 0.667. The summed E-state index contributed by atoms with van der Waals surface area (Å²) in [5, 5.41) is 5.86. The van der Waals surface area contributed by atoms with Crippen LogP contribution in [0.1, 0.15) is 29.0 Å². The van der Waals surface area contributed by atoms with Gasteiger partial charge in [0.2, 0.25) is 5.95 Å². The van der Waals surface area contributed by atoms with Gasteiger partial charge in [-0.25, -0.2) is 18.4 Å². The molecule has 2 rings (SSSR count). The molecule has 8 nitrogen and oxygen atoms in total. The van der Waals surface area contributed by atoms with E-state index in [1.807, 2.05) is 14.1 Å². The van der Waals surface area contributed by atoms with Gasteiger partial charge in [-0.2, -0.15) is 0 Å². The normalized spacial score (nSPS) is 19.4. The third-order valence-electron chi connectivity index (χ3n) is 3.72. The molecule has 24 heavy (non-hydrogen) atoms. The zero-order valence-electron chi connectivity index (χ0n) is 14.4. The van der Waals surface area contributed by atoms with Gasteiger partial charge in [-0.15, -0.1) is 0 Å². The summed E-state index contributed by atoms with van der Waals surface area (Å²) in [6, 6.07) is 1.42. The molecule has 2 N–H and O–H groups in total. The highest BCUT2D eigenvalue weighted by Crippen LogP contribution is 2.15. The lowest BCUT2D eigenvalue weighted by atomic mass is 10.2. The number of nitrogens with one attached hydrogen (secondary N) is 2. The summed E-state index contributed by atoms with van der Waals surface area (Å²) in [4.78, 5) is 22.7. The summed E-state index contributed by atoms with van der Waals surface area (Å²) >= 11 is 0. The zero-order chi connectivity index (χ0) is 17.7. The third kappa shape index (κ3) is 5.72. The second-order valence-corrected chi connectivity index (χ2v) is 8.60. The summed E-state index contributed by atoms with van der Waals surface area (Å²) in [6.45, 7) is 3.25. The van der Waals surface area contributed by atoms with Crippen LogP contribution in [0.5, 0.6) is 0 Å². The van der Waals surface area contributed by atoms with Crippen molar-refractivity contribution in [1.29, 1.82) is 0 Å². The Morgan fingerprint density at radius 3 is 2.75 bits per heavy atom. The van der Waals surface area contributed by atoms with Gasteiger partial charge in [-0.05, 0) is 46.5 Å². The van der Waals surface area contributed by atoms with E-state index >= 15 is 0 Å². The van der Waals surface area contributed by atoms with Crippen LogP contribution in [0.3, 0.4) is 0 Å². The van der Waals surface area contributed by atoms with Gasteiger partial charge in [0.05, 0.1) is 11.5 Å². The van der Waals surface area contributed by atoms with Crippen molar-refractivity contribution < 1.29 is 13.2 Å². The van der Waals surface area contributed by atoms with Crippen LogP contribution in [0.4, 0.5) is 5.95 Å². The van der Waals surface area contributed by atoms with Gasteiger partial charge in [0.25, 0.3) is 5.91 Å². The Kier molecular flexibility index (Phi) is 6.11. The molecule has 1 aliphatic heterocycles. The average Bonchev–Trinajstić information content (AvgIpc) is 2.81. The number of aryl methyl sites for hydroxylation is 1. The second kappa shape index (κ2) is 7.89. The van der Waals surface area contributed by atoms with E-state index in [2.05, 4.69) is 25.5 Å². The highest BCUT2D eigenvalue weighted by atomic mass is 32.2. The Bertz CT molecular complexity index is 690. The number of hydrogen-bond donors (Lipinski definition) is 2. The SMILES string of the molecule is Cc1cc(C(=O)NCCCN(C)C)nc(NC2CCS(=O)(=O)C2)n1. The van der Waals surface area contributed by atoms with Crippen LogP contribution in [0, 0.1) is 6.92 Å². The second-order valence-electron chi connectivity index (χ2n) is 6.38. The van der Waals surface area contributed by atoms with Crippen molar-refractivity contribution in [3.8, 4) is 0 Å². The monoisotopic (exact) mass is 355 g/mol. The Morgan fingerprint density at radius 2 is 2.12 bits per heavy atom. The van der Waals surface area contributed by atoms with Crippen molar-refractivity contribution in [2.24, 2.45) is 0 Å². The van der Waals surface area contributed by atoms with Crippen molar-refractivity contribution in [2.45, 2.75) is 25.8 Å². The maximum atomic E-state index is 12.2. The number of anilines is 1. The number of sulfone groups is 1. The van der Waals surface area contributed by atoms with E-state index in [0.717, 1.165) is 13.0 Å². The fourth-order valence-electron chi connectivity index (χ4n) is 2.53. The standard InChI is InChI=1S/C15H25N5O3S/c1-11-9-13(14(21)16-6-4-7-20(2)3)19-15(17-11)18-12-5-8-24(22,23)10-12/h9,12H,4-8,10H2,1-3H3,(H,16,21)(H,17,18,19). The van der Waals surface area contributed by atoms with Crippen LogP contribution in [0.15, 0.2) is 6.07 Å². The molecule has 9 heteroatoms. The number of rotatable bonds is 7. The van der Waals surface area contributed by atoms with Crippen LogP contribution in [0.2, 0.25) is 0 Å². The van der Waals surface area contributed by atoms with E-state index < -0.39 is 9.84 Å². The summed E-state index contributed by atoms with van der Waals surface area (Å²) in [5.41, 5.74) is 0.947. The molecule has 0 bridgehead atoms. The molecule has 0 saturated carbocycles. The molecule has 1 aliphatic rings. The fourth-order valence-corrected chi connectivity index (χ4v) is 4.20. The van der Waals surface area contributed by atoms with E-state index in [-0.39, 0.29) is 29.1 Å². The molecule has 0 radical (unpaired) electrons. The maximum absolute atomic E-state index is 12.2. The average molecular weight is 355 g/mol. The molecule has 2 heterocycles. The summed E-state index contributed by atoms with van der Waals surface area (Å²) in [7, 11) is 0.990. The van der Waals surface area contributed by atoms with Crippen molar-refractivity contribution in [2.75, 3.05) is 44.0 Å². The van der Waals surface area contributed by atoms with Gasteiger partial charge in [0.15, 0.2) is 9.84 Å². The lowest BCUT2D eigenvalue weighted by Gasteiger charge is -2.13. The number of aromatic nitrogens is 2. The lowest BCUT2D eigenvalue weighted by molar-refractivity contribution is 0.0947. The molecule has 0 aromatic carbocycles. The van der Waals surface area contributed by atoms with Crippen molar-refractivity contribution in [1.82, 2.24) is 20.2 Å². The maximum Gasteiger partial charge on any atom is 0.270 e. The molecular formula is C15H25N5O3S. The number of carbonyl (C=O) groups excluding carboxylic acids is 1. The summed E-state index contributed by atoms with van der Waals surface area (Å²) < 4.78 is 23.0. The molecule has 1 aromatic heterocycles. The fraction of sp³-hybridized carbons (Fsp3) is 0.667. The Labute approximate surface area is 143 Å². The van der Waals surface area contributed by atoms with Crippen LogP contribution >= 0.6 is 0 Å². The zero-order valence-corrected chi connectivity index (χ0v) is 15.2. The molecule has 1 amide bonds. The van der Waals surface area contributed by atoms with E-state index in [1.54, 1.807) is 13.0 Å². The molecule has 0 aliphatic carbocycles. The van der Waals surface area contributed by atoms with E-state index in [1.165, 1.54) is 0 Å². The highest BCUT2D eigenvalue weighted by molar-refractivity contribution is 7.91. The predicted octanol–water partition coefficient (Wildman–Crippen LogP) is 0.0655. The van der Waals surface area contributed by atoms with Gasteiger partial charge in [-0.3, -0.25) is 4.79 Å². The predicted molar refractivity (Wildman–Crippen MR) is 93.0 cm³/mol.